The zero-order valence-electron chi connectivity index (χ0n) is 17.5. The van der Waals surface area contributed by atoms with Gasteiger partial charge >= 0.3 is 5.97 Å². The van der Waals surface area contributed by atoms with Crippen molar-refractivity contribution in [3.05, 3.63) is 99.0 Å². The number of carbonyl (C=O) groups excluding carboxylic acids is 3. The Hall–Kier alpha value is -3.49. The lowest BCUT2D eigenvalue weighted by atomic mass is 9.97. The Bertz CT molecular complexity index is 1280. The maximum Gasteiger partial charge on any atom is 0.333 e. The number of fused-ring (bicyclic) bond motifs is 1. The van der Waals surface area contributed by atoms with E-state index < -0.39 is 41.5 Å². The van der Waals surface area contributed by atoms with E-state index in [0.717, 1.165) is 18.1 Å². The molecule has 0 aliphatic carbocycles. The molecule has 3 aromatic rings. The first kappa shape index (κ1) is 23.7. The van der Waals surface area contributed by atoms with Crippen LogP contribution in [-0.4, -0.2) is 29.8 Å². The molecule has 1 aliphatic rings. The molecule has 1 aliphatic heterocycles. The Morgan fingerprint density at radius 2 is 1.53 bits per heavy atom. The van der Waals surface area contributed by atoms with Crippen molar-refractivity contribution in [2.75, 3.05) is 12.4 Å². The first-order valence-corrected chi connectivity index (χ1v) is 10.7. The van der Waals surface area contributed by atoms with E-state index in [0.29, 0.717) is 27.2 Å². The van der Waals surface area contributed by atoms with Crippen molar-refractivity contribution >= 4 is 46.7 Å². The molecule has 2 amide bonds. The molecule has 6 nitrogen and oxygen atoms in total. The summed E-state index contributed by atoms with van der Waals surface area (Å²) in [5.74, 6) is -5.02. The summed E-state index contributed by atoms with van der Waals surface area (Å²) in [6, 6.07) is 10.7. The minimum Gasteiger partial charge on any atom is -0.467 e. The molecule has 10 heteroatoms. The molecule has 2 unspecified atom stereocenters. The van der Waals surface area contributed by atoms with E-state index in [9.17, 15) is 23.2 Å². The van der Waals surface area contributed by atoms with Crippen LogP contribution in [0.3, 0.4) is 0 Å². The fraction of sp³-hybridized carbons (Fsp3) is 0.125. The number of amides is 2. The lowest BCUT2D eigenvalue weighted by Gasteiger charge is -2.35. The summed E-state index contributed by atoms with van der Waals surface area (Å²) in [4.78, 5) is 41.1. The second-order valence-electron chi connectivity index (χ2n) is 7.44. The lowest BCUT2D eigenvalue weighted by Crippen LogP contribution is -2.44. The van der Waals surface area contributed by atoms with Gasteiger partial charge in [-0.15, -0.1) is 0 Å². The van der Waals surface area contributed by atoms with Gasteiger partial charge in [-0.25, -0.2) is 13.6 Å². The third-order valence-electron chi connectivity index (χ3n) is 5.38. The zero-order valence-corrected chi connectivity index (χ0v) is 19.0. The van der Waals surface area contributed by atoms with Crippen LogP contribution in [0.2, 0.25) is 10.0 Å². The van der Waals surface area contributed by atoms with Crippen molar-refractivity contribution in [2.45, 2.75) is 12.1 Å². The topological polar surface area (TPSA) is 75.7 Å². The van der Waals surface area contributed by atoms with Crippen molar-refractivity contribution in [1.82, 2.24) is 4.90 Å². The molecule has 0 fully saturated rings. The summed E-state index contributed by atoms with van der Waals surface area (Å²) < 4.78 is 33.0. The highest BCUT2D eigenvalue weighted by atomic mass is 35.5. The van der Waals surface area contributed by atoms with Crippen LogP contribution in [0.5, 0.6) is 0 Å². The minimum absolute atomic E-state index is 0.227. The van der Waals surface area contributed by atoms with E-state index in [4.69, 9.17) is 27.9 Å². The molecule has 0 saturated heterocycles. The van der Waals surface area contributed by atoms with Crippen molar-refractivity contribution < 1.29 is 27.9 Å². The van der Waals surface area contributed by atoms with Gasteiger partial charge in [0, 0.05) is 16.1 Å². The molecule has 1 N–H and O–H groups in total. The maximum absolute atomic E-state index is 14.1. The third-order valence-corrected chi connectivity index (χ3v) is 5.89. The van der Waals surface area contributed by atoms with E-state index in [1.165, 1.54) is 48.5 Å². The number of ether oxygens (including phenoxy) is 1. The largest absolute Gasteiger partial charge is 0.467 e. The molecule has 0 bridgehead atoms. The standard InChI is InChI=1S/C24H16Cl2F2N2O4/c1-34-24(33)21(13-4-8-15(26)9-5-13)30-20(12-2-6-14(25)7-3-12)22(31)29-19-11-18(28)17(27)10-16(19)23(30)32/h2-11,20-21H,1H3,(H,29,31). The number of hydrogen-bond acceptors (Lipinski definition) is 4. The monoisotopic (exact) mass is 504 g/mol. The molecule has 0 saturated carbocycles. The van der Waals surface area contributed by atoms with Crippen LogP contribution in [-0.2, 0) is 14.3 Å². The first-order valence-electron chi connectivity index (χ1n) is 9.92. The molecule has 3 aromatic carbocycles. The quantitative estimate of drug-likeness (QED) is 0.487. The number of nitrogens with zero attached hydrogens (tertiary/aromatic N) is 1. The zero-order chi connectivity index (χ0) is 24.6. The highest BCUT2D eigenvalue weighted by Crippen LogP contribution is 2.39. The van der Waals surface area contributed by atoms with Gasteiger partial charge in [0.1, 0.15) is 6.04 Å². The molecule has 0 aromatic heterocycles. The number of anilines is 1. The highest BCUT2D eigenvalue weighted by molar-refractivity contribution is 6.30. The second kappa shape index (κ2) is 9.40. The lowest BCUT2D eigenvalue weighted by molar-refractivity contribution is -0.147. The van der Waals surface area contributed by atoms with Crippen LogP contribution in [0.25, 0.3) is 0 Å². The molecular weight excluding hydrogens is 489 g/mol. The van der Waals surface area contributed by atoms with Gasteiger partial charge in [0.15, 0.2) is 17.7 Å². The summed E-state index contributed by atoms with van der Waals surface area (Å²) in [5, 5.41) is 3.23. The van der Waals surface area contributed by atoms with Crippen LogP contribution >= 0.6 is 23.2 Å². The van der Waals surface area contributed by atoms with Crippen LogP contribution in [0.4, 0.5) is 14.5 Å². The average molecular weight is 505 g/mol. The Morgan fingerprint density at radius 3 is 2.12 bits per heavy atom. The van der Waals surface area contributed by atoms with Crippen molar-refractivity contribution in [3.63, 3.8) is 0 Å². The number of rotatable bonds is 4. The van der Waals surface area contributed by atoms with Gasteiger partial charge in [-0.05, 0) is 41.5 Å². The minimum atomic E-state index is -1.42. The number of nitrogens with one attached hydrogen (secondary N) is 1. The molecule has 2 atom stereocenters. The van der Waals surface area contributed by atoms with Gasteiger partial charge in [0.2, 0.25) is 0 Å². The Balaban J connectivity index is 1.98. The smallest absolute Gasteiger partial charge is 0.333 e. The Labute approximate surface area is 203 Å². The van der Waals surface area contributed by atoms with Gasteiger partial charge in [0.05, 0.1) is 18.4 Å². The number of methoxy groups -OCH3 is 1. The fourth-order valence-corrected chi connectivity index (χ4v) is 4.05. The molecule has 0 radical (unpaired) electrons. The molecule has 0 spiro atoms. The molecule has 1 heterocycles. The molecule has 34 heavy (non-hydrogen) atoms. The predicted octanol–water partition coefficient (Wildman–Crippen LogP) is 5.32. The van der Waals surface area contributed by atoms with E-state index in [2.05, 4.69) is 5.32 Å². The number of halogens is 4. The molecular formula is C24H16Cl2F2N2O4. The number of esters is 1. The highest BCUT2D eigenvalue weighted by Gasteiger charge is 2.44. The van der Waals surface area contributed by atoms with E-state index in [1.54, 1.807) is 0 Å². The van der Waals surface area contributed by atoms with Crippen molar-refractivity contribution in [2.24, 2.45) is 0 Å². The number of hydrogen-bond donors (Lipinski definition) is 1. The second-order valence-corrected chi connectivity index (χ2v) is 8.32. The number of carbonyl (C=O) groups is 3. The van der Waals surface area contributed by atoms with Crippen LogP contribution in [0, 0.1) is 11.6 Å². The summed E-state index contributed by atoms with van der Waals surface area (Å²) >= 11 is 12.0. The fourth-order valence-electron chi connectivity index (χ4n) is 3.80. The van der Waals surface area contributed by atoms with Crippen LogP contribution in [0.1, 0.15) is 33.6 Å². The summed E-state index contributed by atoms with van der Waals surface area (Å²) in [5.41, 5.74) is 0.0518. The van der Waals surface area contributed by atoms with Crippen LogP contribution in [0.15, 0.2) is 60.7 Å². The molecule has 174 valence electrons. The average Bonchev–Trinajstić information content (AvgIpc) is 2.91. The number of benzene rings is 3. The van der Waals surface area contributed by atoms with Crippen LogP contribution < -0.4 is 5.32 Å². The van der Waals surface area contributed by atoms with Gasteiger partial charge in [-0.1, -0.05) is 47.5 Å². The maximum atomic E-state index is 14.1. The van der Waals surface area contributed by atoms with Crippen molar-refractivity contribution in [3.8, 4) is 0 Å². The predicted molar refractivity (Wildman–Crippen MR) is 122 cm³/mol. The SMILES string of the molecule is COC(=O)C(c1ccc(Cl)cc1)N1C(=O)c2cc(F)c(F)cc2NC(=O)C1c1ccc(Cl)cc1. The van der Waals surface area contributed by atoms with Gasteiger partial charge in [-0.2, -0.15) is 0 Å². The van der Waals surface area contributed by atoms with Gasteiger partial charge in [0.25, 0.3) is 11.8 Å². The summed E-state index contributed by atoms with van der Waals surface area (Å²) in [7, 11) is 1.13. The first-order chi connectivity index (χ1) is 16.2. The normalized spacial score (nSPS) is 16.4. The van der Waals surface area contributed by atoms with E-state index in [1.807, 2.05) is 0 Å². The van der Waals surface area contributed by atoms with Crippen molar-refractivity contribution in [1.29, 1.82) is 0 Å². The van der Waals surface area contributed by atoms with Gasteiger partial charge in [-0.3, -0.25) is 9.59 Å². The molecule has 4 rings (SSSR count). The van der Waals surface area contributed by atoms with E-state index in [-0.39, 0.29) is 11.3 Å². The summed E-state index contributed by atoms with van der Waals surface area (Å²) in [6.07, 6.45) is 0. The Kier molecular flexibility index (Phi) is 6.54. The van der Waals surface area contributed by atoms with Gasteiger partial charge < -0.3 is 15.0 Å². The summed E-state index contributed by atoms with van der Waals surface area (Å²) in [6.45, 7) is 0. The van der Waals surface area contributed by atoms with E-state index >= 15 is 0 Å². The Morgan fingerprint density at radius 1 is 0.971 bits per heavy atom. The third kappa shape index (κ3) is 4.34.